The Labute approximate surface area is 152 Å². The Balaban J connectivity index is 1.76. The molecule has 0 fully saturated rings. The monoisotopic (exact) mass is 344 g/mol. The van der Waals surface area contributed by atoms with Crippen molar-refractivity contribution >= 4 is 11.7 Å². The zero-order valence-corrected chi connectivity index (χ0v) is 14.3. The summed E-state index contributed by atoms with van der Waals surface area (Å²) in [6.45, 7) is 0. The minimum atomic E-state index is -0.605. The molecule has 2 aromatic carbocycles. The summed E-state index contributed by atoms with van der Waals surface area (Å²) in [6.07, 6.45) is 2.30. The van der Waals surface area contributed by atoms with Gasteiger partial charge in [-0.15, -0.1) is 0 Å². The third-order valence-electron chi connectivity index (χ3n) is 4.09. The SMILES string of the molecule is O=C(NC(Cc1ccccc1)C(=O)Cc1ccccn1)c1ccccc1. The van der Waals surface area contributed by atoms with Crippen LogP contribution in [0.15, 0.2) is 85.1 Å². The van der Waals surface area contributed by atoms with E-state index in [1.54, 1.807) is 30.5 Å². The molecule has 1 atom stereocenters. The zero-order chi connectivity index (χ0) is 18.2. The number of aromatic nitrogens is 1. The van der Waals surface area contributed by atoms with Crippen LogP contribution in [-0.2, 0) is 17.6 Å². The Hall–Kier alpha value is -3.27. The number of nitrogens with zero attached hydrogens (tertiary/aromatic N) is 1. The topological polar surface area (TPSA) is 59.1 Å². The predicted octanol–water partition coefficient (Wildman–Crippen LogP) is 3.23. The first-order valence-electron chi connectivity index (χ1n) is 8.55. The van der Waals surface area contributed by atoms with Crippen molar-refractivity contribution in [1.29, 1.82) is 0 Å². The Morgan fingerprint density at radius 1 is 0.846 bits per heavy atom. The van der Waals surface area contributed by atoms with Gasteiger partial charge in [0.2, 0.25) is 0 Å². The van der Waals surface area contributed by atoms with E-state index in [1.807, 2.05) is 54.6 Å². The number of benzene rings is 2. The van der Waals surface area contributed by atoms with Crippen molar-refractivity contribution in [2.45, 2.75) is 18.9 Å². The van der Waals surface area contributed by atoms with Crippen molar-refractivity contribution in [3.63, 3.8) is 0 Å². The summed E-state index contributed by atoms with van der Waals surface area (Å²) < 4.78 is 0. The number of nitrogens with one attached hydrogen (secondary N) is 1. The molecule has 3 aromatic rings. The number of Topliss-reactive ketones (excluding diaryl/α,β-unsaturated/α-hetero) is 1. The quantitative estimate of drug-likeness (QED) is 0.716. The molecule has 0 aliphatic rings. The number of carbonyl (C=O) groups is 2. The normalized spacial score (nSPS) is 11.5. The van der Waals surface area contributed by atoms with Crippen molar-refractivity contribution in [2.75, 3.05) is 0 Å². The lowest BCUT2D eigenvalue weighted by Crippen LogP contribution is -2.43. The molecule has 1 aromatic heterocycles. The van der Waals surface area contributed by atoms with Gasteiger partial charge in [0.1, 0.15) is 0 Å². The molecule has 1 unspecified atom stereocenters. The second-order valence-electron chi connectivity index (χ2n) is 6.05. The molecule has 0 saturated carbocycles. The molecule has 4 nitrogen and oxygen atoms in total. The van der Waals surface area contributed by atoms with Crippen LogP contribution in [0.1, 0.15) is 21.6 Å². The maximum absolute atomic E-state index is 12.8. The van der Waals surface area contributed by atoms with Crippen LogP contribution in [0.4, 0.5) is 0 Å². The third kappa shape index (κ3) is 4.86. The lowest BCUT2D eigenvalue weighted by atomic mass is 9.99. The van der Waals surface area contributed by atoms with Crippen molar-refractivity contribution in [2.24, 2.45) is 0 Å². The van der Waals surface area contributed by atoms with E-state index in [9.17, 15) is 9.59 Å². The van der Waals surface area contributed by atoms with Crippen LogP contribution in [0.5, 0.6) is 0 Å². The largest absolute Gasteiger partial charge is 0.342 e. The highest BCUT2D eigenvalue weighted by Crippen LogP contribution is 2.08. The number of pyridine rings is 1. The van der Waals surface area contributed by atoms with E-state index in [-0.39, 0.29) is 18.1 Å². The highest BCUT2D eigenvalue weighted by Gasteiger charge is 2.22. The molecule has 1 amide bonds. The van der Waals surface area contributed by atoms with Crippen molar-refractivity contribution in [1.82, 2.24) is 10.3 Å². The van der Waals surface area contributed by atoms with Crippen molar-refractivity contribution in [3.8, 4) is 0 Å². The lowest BCUT2D eigenvalue weighted by molar-refractivity contribution is -0.120. The Bertz CT molecular complexity index is 849. The van der Waals surface area contributed by atoms with Gasteiger partial charge in [0, 0.05) is 17.5 Å². The maximum Gasteiger partial charge on any atom is 0.251 e. The summed E-state index contributed by atoms with van der Waals surface area (Å²) in [5.41, 5.74) is 2.24. The average molecular weight is 344 g/mol. The van der Waals surface area contributed by atoms with E-state index in [1.165, 1.54) is 0 Å². The van der Waals surface area contributed by atoms with E-state index in [2.05, 4.69) is 10.3 Å². The second-order valence-corrected chi connectivity index (χ2v) is 6.05. The van der Waals surface area contributed by atoms with E-state index in [0.717, 1.165) is 5.56 Å². The Kier molecular flexibility index (Phi) is 5.88. The Morgan fingerprint density at radius 3 is 2.15 bits per heavy atom. The minimum Gasteiger partial charge on any atom is -0.342 e. The van der Waals surface area contributed by atoms with Crippen LogP contribution in [0.2, 0.25) is 0 Å². The van der Waals surface area contributed by atoms with Crippen LogP contribution < -0.4 is 5.32 Å². The summed E-state index contributed by atoms with van der Waals surface area (Å²) in [6, 6.07) is 23.5. The lowest BCUT2D eigenvalue weighted by Gasteiger charge is -2.18. The number of amides is 1. The molecule has 0 bridgehead atoms. The van der Waals surface area contributed by atoms with Gasteiger partial charge in [-0.1, -0.05) is 54.6 Å². The van der Waals surface area contributed by atoms with Gasteiger partial charge in [-0.25, -0.2) is 0 Å². The van der Waals surface area contributed by atoms with E-state index in [4.69, 9.17) is 0 Å². The number of hydrogen-bond donors (Lipinski definition) is 1. The van der Waals surface area contributed by atoms with Gasteiger partial charge in [0.05, 0.1) is 12.5 Å². The summed E-state index contributed by atoms with van der Waals surface area (Å²) >= 11 is 0. The number of ketones is 1. The summed E-state index contributed by atoms with van der Waals surface area (Å²) in [5.74, 6) is -0.308. The fourth-order valence-corrected chi connectivity index (χ4v) is 2.73. The molecule has 0 saturated heterocycles. The average Bonchev–Trinajstić information content (AvgIpc) is 2.69. The third-order valence-corrected chi connectivity index (χ3v) is 4.09. The van der Waals surface area contributed by atoms with E-state index < -0.39 is 6.04 Å². The zero-order valence-electron chi connectivity index (χ0n) is 14.3. The van der Waals surface area contributed by atoms with Crippen LogP contribution in [0.25, 0.3) is 0 Å². The first-order valence-corrected chi connectivity index (χ1v) is 8.55. The van der Waals surface area contributed by atoms with Crippen LogP contribution in [0.3, 0.4) is 0 Å². The number of carbonyl (C=O) groups excluding carboxylic acids is 2. The van der Waals surface area contributed by atoms with Gasteiger partial charge in [-0.3, -0.25) is 14.6 Å². The molecule has 130 valence electrons. The van der Waals surface area contributed by atoms with Gasteiger partial charge in [-0.05, 0) is 36.2 Å². The Morgan fingerprint density at radius 2 is 1.50 bits per heavy atom. The standard InChI is InChI=1S/C22H20N2O2/c25-21(16-19-13-7-8-14-23-19)20(15-17-9-3-1-4-10-17)24-22(26)18-11-5-2-6-12-18/h1-14,20H,15-16H2,(H,24,26). The fourth-order valence-electron chi connectivity index (χ4n) is 2.73. The first kappa shape index (κ1) is 17.5. The van der Waals surface area contributed by atoms with E-state index in [0.29, 0.717) is 17.7 Å². The highest BCUT2D eigenvalue weighted by atomic mass is 16.2. The minimum absolute atomic E-state index is 0.0585. The molecule has 26 heavy (non-hydrogen) atoms. The smallest absolute Gasteiger partial charge is 0.251 e. The van der Waals surface area contributed by atoms with Gasteiger partial charge >= 0.3 is 0 Å². The molecular weight excluding hydrogens is 324 g/mol. The molecular formula is C22H20N2O2. The molecule has 0 radical (unpaired) electrons. The molecule has 1 heterocycles. The predicted molar refractivity (Wildman–Crippen MR) is 101 cm³/mol. The number of rotatable bonds is 7. The molecule has 1 N–H and O–H groups in total. The fraction of sp³-hybridized carbons (Fsp3) is 0.136. The maximum atomic E-state index is 12.8. The molecule has 3 rings (SSSR count). The first-order chi connectivity index (χ1) is 12.7. The molecule has 4 heteroatoms. The highest BCUT2D eigenvalue weighted by molar-refractivity contribution is 5.98. The molecule has 0 aliphatic carbocycles. The van der Waals surface area contributed by atoms with E-state index >= 15 is 0 Å². The van der Waals surface area contributed by atoms with Crippen LogP contribution in [-0.4, -0.2) is 22.7 Å². The van der Waals surface area contributed by atoms with Gasteiger partial charge in [0.15, 0.2) is 5.78 Å². The van der Waals surface area contributed by atoms with Gasteiger partial charge in [0.25, 0.3) is 5.91 Å². The van der Waals surface area contributed by atoms with Gasteiger partial charge < -0.3 is 5.32 Å². The van der Waals surface area contributed by atoms with Crippen molar-refractivity contribution < 1.29 is 9.59 Å². The number of hydrogen-bond acceptors (Lipinski definition) is 3. The van der Waals surface area contributed by atoms with Crippen LogP contribution >= 0.6 is 0 Å². The summed E-state index contributed by atoms with van der Waals surface area (Å²) in [4.78, 5) is 29.6. The van der Waals surface area contributed by atoms with Crippen molar-refractivity contribution in [3.05, 3.63) is 102 Å². The molecule has 0 aliphatic heterocycles. The summed E-state index contributed by atoms with van der Waals surface area (Å²) in [5, 5.41) is 2.89. The molecule has 0 spiro atoms. The summed E-state index contributed by atoms with van der Waals surface area (Å²) in [7, 11) is 0. The van der Waals surface area contributed by atoms with Crippen LogP contribution in [0, 0.1) is 0 Å². The second kappa shape index (κ2) is 8.72. The van der Waals surface area contributed by atoms with Gasteiger partial charge in [-0.2, -0.15) is 0 Å².